The predicted octanol–water partition coefficient (Wildman–Crippen LogP) is 3.18. The van der Waals surface area contributed by atoms with E-state index in [4.69, 9.17) is 4.74 Å². The Balaban J connectivity index is 1.91. The van der Waals surface area contributed by atoms with Crippen LogP contribution in [0.15, 0.2) is 28.9 Å². The molecule has 0 aromatic heterocycles. The number of carbonyl (C=O) groups is 1. The summed E-state index contributed by atoms with van der Waals surface area (Å²) in [5, 5.41) is 0. The molecule has 2 aliphatic rings. The minimum atomic E-state index is -0.199. The summed E-state index contributed by atoms with van der Waals surface area (Å²) in [6.45, 7) is 4.71. The highest BCUT2D eigenvalue weighted by Gasteiger charge is 2.29. The van der Waals surface area contributed by atoms with Crippen LogP contribution in [0.4, 0.5) is 5.69 Å². The third-order valence-electron chi connectivity index (χ3n) is 3.94. The van der Waals surface area contributed by atoms with E-state index in [-0.39, 0.29) is 12.5 Å². The Labute approximate surface area is 139 Å². The number of nitrogens with zero attached hydrogens (tertiary/aromatic N) is 2. The van der Waals surface area contributed by atoms with E-state index >= 15 is 0 Å². The van der Waals surface area contributed by atoms with Crippen molar-refractivity contribution >= 4 is 39.4 Å². The molecular formula is C17H20BrN2O2+. The third-order valence-corrected chi connectivity index (χ3v) is 4.43. The smallest absolute Gasteiger partial charge is 0.372 e. The maximum Gasteiger partial charge on any atom is 0.372 e. The van der Waals surface area contributed by atoms with E-state index in [1.165, 1.54) is 12.8 Å². The number of allylic oxidation sites excluding steroid dienone is 1. The van der Waals surface area contributed by atoms with E-state index in [0.29, 0.717) is 6.61 Å². The second-order valence-electron chi connectivity index (χ2n) is 5.55. The van der Waals surface area contributed by atoms with Crippen LogP contribution in [0.1, 0.15) is 25.3 Å². The van der Waals surface area contributed by atoms with Crippen LogP contribution in [-0.4, -0.2) is 47.9 Å². The number of halogens is 1. The average molecular weight is 364 g/mol. The first kappa shape index (κ1) is 15.3. The first-order chi connectivity index (χ1) is 10.7. The number of ether oxygens (including phenoxy) is 1. The molecule has 0 spiro atoms. The van der Waals surface area contributed by atoms with E-state index in [1.807, 2.05) is 29.8 Å². The van der Waals surface area contributed by atoms with Crippen molar-refractivity contribution in [2.24, 2.45) is 0 Å². The first-order valence-electron chi connectivity index (χ1n) is 7.70. The van der Waals surface area contributed by atoms with Crippen LogP contribution in [0, 0.1) is 0 Å². The van der Waals surface area contributed by atoms with Gasteiger partial charge < -0.3 is 9.64 Å². The maximum absolute atomic E-state index is 11.8. The molecule has 1 aromatic rings. The highest BCUT2D eigenvalue weighted by molar-refractivity contribution is 9.10. The zero-order valence-electron chi connectivity index (χ0n) is 12.7. The third kappa shape index (κ3) is 3.24. The summed E-state index contributed by atoms with van der Waals surface area (Å²) in [6, 6.07) is 6.16. The number of hydrogen-bond donors (Lipinski definition) is 0. The zero-order valence-corrected chi connectivity index (χ0v) is 14.3. The summed E-state index contributed by atoms with van der Waals surface area (Å²) in [7, 11) is 0. The Morgan fingerprint density at radius 1 is 1.41 bits per heavy atom. The second-order valence-corrected chi connectivity index (χ2v) is 6.47. The molecule has 4 nitrogen and oxygen atoms in total. The molecule has 5 heteroatoms. The van der Waals surface area contributed by atoms with Crippen molar-refractivity contribution in [1.29, 1.82) is 0 Å². The number of rotatable bonds is 4. The molecule has 116 valence electrons. The van der Waals surface area contributed by atoms with Crippen molar-refractivity contribution in [3.8, 4) is 0 Å². The minimum Gasteiger partial charge on any atom is -0.461 e. The van der Waals surface area contributed by atoms with Gasteiger partial charge in [-0.2, -0.15) is 4.58 Å². The average Bonchev–Trinajstić information content (AvgIpc) is 3.09. The molecule has 0 unspecified atom stereocenters. The molecule has 0 radical (unpaired) electrons. The molecule has 0 bridgehead atoms. The van der Waals surface area contributed by atoms with E-state index in [2.05, 4.69) is 33.1 Å². The summed E-state index contributed by atoms with van der Waals surface area (Å²) in [6.07, 6.45) is 6.76. The number of carbonyl (C=O) groups excluding carboxylic acids is 1. The lowest BCUT2D eigenvalue weighted by molar-refractivity contribution is -0.422. The van der Waals surface area contributed by atoms with E-state index in [1.54, 1.807) is 0 Å². The molecule has 3 rings (SSSR count). The van der Waals surface area contributed by atoms with Crippen LogP contribution >= 0.6 is 15.9 Å². The van der Waals surface area contributed by atoms with E-state index < -0.39 is 0 Å². The van der Waals surface area contributed by atoms with Gasteiger partial charge in [-0.3, -0.25) is 0 Å². The Kier molecular flexibility index (Phi) is 4.62. The summed E-state index contributed by atoms with van der Waals surface area (Å²) in [5.74, 6) is -0.199. The van der Waals surface area contributed by atoms with E-state index in [0.717, 1.165) is 34.4 Å². The lowest BCUT2D eigenvalue weighted by atomic mass is 10.1. The molecule has 1 saturated heterocycles. The second kappa shape index (κ2) is 6.65. The fourth-order valence-electron chi connectivity index (χ4n) is 2.94. The largest absolute Gasteiger partial charge is 0.461 e. The maximum atomic E-state index is 11.8. The lowest BCUT2D eigenvalue weighted by Gasteiger charge is -2.11. The van der Waals surface area contributed by atoms with Crippen molar-refractivity contribution in [3.63, 3.8) is 0 Å². The number of esters is 1. The van der Waals surface area contributed by atoms with Gasteiger partial charge in [-0.15, -0.1) is 0 Å². The van der Waals surface area contributed by atoms with Crippen LogP contribution < -0.4 is 0 Å². The first-order valence-corrected chi connectivity index (χ1v) is 8.49. The molecule has 0 saturated carbocycles. The molecule has 0 atom stereocenters. The molecule has 0 N–H and O–H groups in total. The van der Waals surface area contributed by atoms with Crippen molar-refractivity contribution in [2.45, 2.75) is 19.8 Å². The van der Waals surface area contributed by atoms with Gasteiger partial charge in [-0.1, -0.05) is 15.9 Å². The van der Waals surface area contributed by atoms with Crippen LogP contribution in [0.3, 0.4) is 0 Å². The van der Waals surface area contributed by atoms with Gasteiger partial charge in [-0.25, -0.2) is 4.79 Å². The molecule has 1 aromatic carbocycles. The van der Waals surface area contributed by atoms with Gasteiger partial charge in [-0.05, 0) is 31.9 Å². The summed E-state index contributed by atoms with van der Waals surface area (Å²) >= 11 is 3.54. The molecule has 0 aliphatic carbocycles. The Hall–Kier alpha value is -1.62. The number of likely N-dealkylation sites (tertiary alicyclic amines) is 1. The Bertz CT molecular complexity index is 646. The van der Waals surface area contributed by atoms with Crippen molar-refractivity contribution < 1.29 is 14.1 Å². The molecule has 2 heterocycles. The molecule has 2 aliphatic heterocycles. The van der Waals surface area contributed by atoms with Gasteiger partial charge in [0.05, 0.1) is 17.7 Å². The summed E-state index contributed by atoms with van der Waals surface area (Å²) in [4.78, 5) is 14.2. The highest BCUT2D eigenvalue weighted by atomic mass is 79.9. The summed E-state index contributed by atoms with van der Waals surface area (Å²) in [5.41, 5.74) is 3.37. The van der Waals surface area contributed by atoms with E-state index in [9.17, 15) is 4.79 Å². The topological polar surface area (TPSA) is 32.6 Å². The number of hydrogen-bond acceptors (Lipinski definition) is 3. The standard InChI is InChI=1S/C17H20BrN2O2/c1-2-22-17(21)12-20-11-13(10-19-7-3-4-8-19)15-9-14(18)5-6-16(15)20/h5-6,9-11H,2-4,7-8,12H2,1H3/q+1. The predicted molar refractivity (Wildman–Crippen MR) is 90.4 cm³/mol. The minimum absolute atomic E-state index is 0.199. The normalized spacial score (nSPS) is 18.5. The van der Waals surface area contributed by atoms with Gasteiger partial charge in [0.2, 0.25) is 12.2 Å². The fourth-order valence-corrected chi connectivity index (χ4v) is 3.30. The SMILES string of the molecule is CCOC(=O)C[N+]1=C/C(=C\N2CCCC2)c2cc(Br)ccc21. The van der Waals surface area contributed by atoms with Gasteiger partial charge in [0.25, 0.3) is 0 Å². The van der Waals surface area contributed by atoms with Gasteiger partial charge in [0.15, 0.2) is 6.21 Å². The fraction of sp³-hybridized carbons (Fsp3) is 0.412. The van der Waals surface area contributed by atoms with Crippen molar-refractivity contribution in [2.75, 3.05) is 26.2 Å². The van der Waals surface area contributed by atoms with Crippen molar-refractivity contribution in [3.05, 3.63) is 34.4 Å². The quantitative estimate of drug-likeness (QED) is 0.608. The molecule has 0 amide bonds. The molecule has 22 heavy (non-hydrogen) atoms. The number of fused-ring (bicyclic) bond motifs is 1. The Morgan fingerprint density at radius 3 is 2.91 bits per heavy atom. The van der Waals surface area contributed by atoms with Gasteiger partial charge in [0, 0.05) is 29.8 Å². The van der Waals surface area contributed by atoms with Crippen LogP contribution in [-0.2, 0) is 9.53 Å². The van der Waals surface area contributed by atoms with Gasteiger partial charge >= 0.3 is 5.97 Å². The highest BCUT2D eigenvalue weighted by Crippen LogP contribution is 2.34. The molecule has 1 fully saturated rings. The monoisotopic (exact) mass is 363 g/mol. The zero-order chi connectivity index (χ0) is 15.5. The van der Waals surface area contributed by atoms with Crippen LogP contribution in [0.5, 0.6) is 0 Å². The van der Waals surface area contributed by atoms with Crippen LogP contribution in [0.2, 0.25) is 0 Å². The van der Waals surface area contributed by atoms with Crippen molar-refractivity contribution in [1.82, 2.24) is 4.90 Å². The van der Waals surface area contributed by atoms with Gasteiger partial charge in [0.1, 0.15) is 0 Å². The summed E-state index contributed by atoms with van der Waals surface area (Å²) < 4.78 is 8.09. The van der Waals surface area contributed by atoms with Crippen LogP contribution in [0.25, 0.3) is 5.57 Å². The lowest BCUT2D eigenvalue weighted by Crippen LogP contribution is -2.18. The Morgan fingerprint density at radius 2 is 2.18 bits per heavy atom. The number of benzene rings is 1. The molecular weight excluding hydrogens is 344 g/mol.